The number of hydrogen-bond acceptors (Lipinski definition) is 3. The van der Waals surface area contributed by atoms with Gasteiger partial charge in [-0.2, -0.15) is 0 Å². The van der Waals surface area contributed by atoms with Crippen LogP contribution in [0.3, 0.4) is 0 Å². The van der Waals surface area contributed by atoms with E-state index < -0.39 is 0 Å². The molecule has 1 aliphatic rings. The van der Waals surface area contributed by atoms with Crippen LogP contribution in [0.4, 0.5) is 5.69 Å². The fraction of sp³-hybridized carbons (Fsp3) is 0.500. The third-order valence-electron chi connectivity index (χ3n) is 2.97. The van der Waals surface area contributed by atoms with E-state index in [9.17, 15) is 0 Å². The first-order valence-electron chi connectivity index (χ1n) is 5.39. The van der Waals surface area contributed by atoms with Crippen molar-refractivity contribution >= 4 is 5.69 Å². The summed E-state index contributed by atoms with van der Waals surface area (Å²) in [5.41, 5.74) is 2.60. The zero-order valence-electron chi connectivity index (χ0n) is 9.70. The fourth-order valence-corrected chi connectivity index (χ4v) is 1.99. The lowest BCUT2D eigenvalue weighted by Crippen LogP contribution is -2.23. The maximum Gasteiger partial charge on any atom is 0.0859 e. The van der Waals surface area contributed by atoms with E-state index in [-0.39, 0.29) is 0 Å². The predicted molar refractivity (Wildman–Crippen MR) is 64.1 cm³/mol. The Labute approximate surface area is 91.7 Å². The van der Waals surface area contributed by atoms with Crippen molar-refractivity contribution in [2.45, 2.75) is 6.17 Å². The van der Waals surface area contributed by atoms with Crippen molar-refractivity contribution in [1.29, 1.82) is 0 Å². The van der Waals surface area contributed by atoms with Crippen molar-refractivity contribution in [3.63, 3.8) is 0 Å². The summed E-state index contributed by atoms with van der Waals surface area (Å²) in [6.07, 6.45) is 0.390. The summed E-state index contributed by atoms with van der Waals surface area (Å²) in [6.45, 7) is 2.21. The minimum absolute atomic E-state index is 0.390. The van der Waals surface area contributed by atoms with Crippen LogP contribution >= 0.6 is 0 Å². The number of anilines is 1. The number of hydrogen-bond donors (Lipinski definition) is 1. The second-order valence-electron chi connectivity index (χ2n) is 4.32. The van der Waals surface area contributed by atoms with Gasteiger partial charge in [0.1, 0.15) is 0 Å². The summed E-state index contributed by atoms with van der Waals surface area (Å²) in [6, 6.07) is 8.75. The molecule has 0 saturated carbocycles. The number of likely N-dealkylation sites (N-methyl/N-ethyl adjacent to an activating group) is 1. The molecule has 0 radical (unpaired) electrons. The molecule has 0 aliphatic carbocycles. The van der Waals surface area contributed by atoms with E-state index in [0.717, 1.165) is 13.1 Å². The molecule has 3 heteroatoms. The number of rotatable bonds is 2. The molecule has 3 nitrogen and oxygen atoms in total. The molecule has 1 saturated heterocycles. The SMILES string of the molecule is CN(C)c1ccc(C2NCCN2C)cc1. The van der Waals surface area contributed by atoms with Crippen molar-refractivity contribution < 1.29 is 0 Å². The Bertz CT molecular complexity index is 318. The van der Waals surface area contributed by atoms with Crippen LogP contribution < -0.4 is 10.2 Å². The first kappa shape index (κ1) is 10.5. The van der Waals surface area contributed by atoms with Gasteiger partial charge >= 0.3 is 0 Å². The number of nitrogens with one attached hydrogen (secondary N) is 1. The molecule has 1 heterocycles. The monoisotopic (exact) mass is 205 g/mol. The predicted octanol–water partition coefficient (Wildman–Crippen LogP) is 1.29. The highest BCUT2D eigenvalue weighted by Crippen LogP contribution is 2.22. The van der Waals surface area contributed by atoms with E-state index in [1.807, 2.05) is 0 Å². The van der Waals surface area contributed by atoms with E-state index >= 15 is 0 Å². The molecule has 1 atom stereocenters. The van der Waals surface area contributed by atoms with E-state index in [1.54, 1.807) is 0 Å². The second kappa shape index (κ2) is 4.21. The first-order valence-corrected chi connectivity index (χ1v) is 5.39. The highest BCUT2D eigenvalue weighted by molar-refractivity contribution is 5.46. The molecule has 0 aromatic heterocycles. The van der Waals surface area contributed by atoms with Gasteiger partial charge in [0.15, 0.2) is 0 Å². The third-order valence-corrected chi connectivity index (χ3v) is 2.97. The maximum absolute atomic E-state index is 3.48. The highest BCUT2D eigenvalue weighted by atomic mass is 15.3. The van der Waals surface area contributed by atoms with Gasteiger partial charge in [0.2, 0.25) is 0 Å². The molecule has 1 aromatic rings. The van der Waals surface area contributed by atoms with Gasteiger partial charge in [-0.05, 0) is 24.7 Å². The van der Waals surface area contributed by atoms with Gasteiger partial charge in [0.05, 0.1) is 6.17 Å². The zero-order valence-corrected chi connectivity index (χ0v) is 9.70. The van der Waals surface area contributed by atoms with Gasteiger partial charge in [0.25, 0.3) is 0 Å². The van der Waals surface area contributed by atoms with Crippen molar-refractivity contribution in [2.24, 2.45) is 0 Å². The standard InChI is InChI=1S/C12H19N3/c1-14(2)11-6-4-10(5-7-11)12-13-8-9-15(12)3/h4-7,12-13H,8-9H2,1-3H3. The van der Waals surface area contributed by atoms with E-state index in [4.69, 9.17) is 0 Å². The molecule has 0 spiro atoms. The molecule has 15 heavy (non-hydrogen) atoms. The summed E-state index contributed by atoms with van der Waals surface area (Å²) >= 11 is 0. The fourth-order valence-electron chi connectivity index (χ4n) is 1.99. The lowest BCUT2D eigenvalue weighted by atomic mass is 10.1. The minimum Gasteiger partial charge on any atom is -0.378 e. The number of benzene rings is 1. The normalized spacial score (nSPS) is 21.9. The largest absolute Gasteiger partial charge is 0.378 e. The van der Waals surface area contributed by atoms with Crippen LogP contribution in [0.25, 0.3) is 0 Å². The Morgan fingerprint density at radius 1 is 1.27 bits per heavy atom. The molecular weight excluding hydrogens is 186 g/mol. The molecule has 0 bridgehead atoms. The molecule has 1 aliphatic heterocycles. The Kier molecular flexibility index (Phi) is 2.93. The summed E-state index contributed by atoms with van der Waals surface area (Å²) < 4.78 is 0. The van der Waals surface area contributed by atoms with E-state index in [0.29, 0.717) is 6.17 Å². The van der Waals surface area contributed by atoms with E-state index in [1.165, 1.54) is 11.3 Å². The summed E-state index contributed by atoms with van der Waals surface area (Å²) in [5.74, 6) is 0. The molecular formula is C12H19N3. The van der Waals surface area contributed by atoms with Crippen LogP contribution in [0.15, 0.2) is 24.3 Å². The quantitative estimate of drug-likeness (QED) is 0.785. The average molecular weight is 205 g/mol. The van der Waals surface area contributed by atoms with Crippen LogP contribution in [0.1, 0.15) is 11.7 Å². The smallest absolute Gasteiger partial charge is 0.0859 e. The van der Waals surface area contributed by atoms with Gasteiger partial charge in [-0.25, -0.2) is 0 Å². The van der Waals surface area contributed by atoms with Crippen LogP contribution in [-0.4, -0.2) is 39.1 Å². The third kappa shape index (κ3) is 2.13. The van der Waals surface area contributed by atoms with Crippen LogP contribution in [0.5, 0.6) is 0 Å². The van der Waals surface area contributed by atoms with Gasteiger partial charge in [-0.1, -0.05) is 12.1 Å². The highest BCUT2D eigenvalue weighted by Gasteiger charge is 2.21. The molecule has 82 valence electrons. The molecule has 1 fully saturated rings. The molecule has 0 amide bonds. The van der Waals surface area contributed by atoms with Crippen molar-refractivity contribution in [1.82, 2.24) is 10.2 Å². The van der Waals surface area contributed by atoms with Crippen LogP contribution in [0.2, 0.25) is 0 Å². The van der Waals surface area contributed by atoms with Gasteiger partial charge in [-0.15, -0.1) is 0 Å². The first-order chi connectivity index (χ1) is 7.18. The molecule has 2 rings (SSSR count). The molecule has 1 unspecified atom stereocenters. The minimum atomic E-state index is 0.390. The lowest BCUT2D eigenvalue weighted by Gasteiger charge is -2.20. The van der Waals surface area contributed by atoms with Gasteiger partial charge in [-0.3, -0.25) is 10.2 Å². The summed E-state index contributed by atoms with van der Waals surface area (Å²) in [7, 11) is 6.29. The Hall–Kier alpha value is -1.06. The molecule has 1 N–H and O–H groups in total. The average Bonchev–Trinajstić information content (AvgIpc) is 2.65. The zero-order chi connectivity index (χ0) is 10.8. The van der Waals surface area contributed by atoms with Gasteiger partial charge in [0, 0.05) is 32.9 Å². The topological polar surface area (TPSA) is 18.5 Å². The Morgan fingerprint density at radius 3 is 2.40 bits per heavy atom. The summed E-state index contributed by atoms with van der Waals surface area (Å²) in [5, 5.41) is 3.48. The van der Waals surface area contributed by atoms with Crippen molar-refractivity contribution in [2.75, 3.05) is 39.1 Å². The second-order valence-corrected chi connectivity index (χ2v) is 4.32. The van der Waals surface area contributed by atoms with Crippen molar-refractivity contribution in [3.8, 4) is 0 Å². The van der Waals surface area contributed by atoms with Crippen molar-refractivity contribution in [3.05, 3.63) is 29.8 Å². The Balaban J connectivity index is 2.16. The van der Waals surface area contributed by atoms with E-state index in [2.05, 4.69) is 60.5 Å². The van der Waals surface area contributed by atoms with Crippen LogP contribution in [0, 0.1) is 0 Å². The number of nitrogens with zero attached hydrogens (tertiary/aromatic N) is 2. The van der Waals surface area contributed by atoms with Gasteiger partial charge < -0.3 is 4.90 Å². The molecule has 1 aromatic carbocycles. The maximum atomic E-state index is 3.48. The summed E-state index contributed by atoms with van der Waals surface area (Å²) in [4.78, 5) is 4.46. The lowest BCUT2D eigenvalue weighted by molar-refractivity contribution is 0.301. The Morgan fingerprint density at radius 2 is 1.93 bits per heavy atom. The van der Waals surface area contributed by atoms with Crippen LogP contribution in [-0.2, 0) is 0 Å².